The van der Waals surface area contributed by atoms with Crippen LogP contribution in [0.4, 0.5) is 0 Å². The maximum Gasteiger partial charge on any atom is 0.337 e. The Morgan fingerprint density at radius 3 is 2.32 bits per heavy atom. The van der Waals surface area contributed by atoms with Gasteiger partial charge in [-0.25, -0.2) is 14.3 Å². The van der Waals surface area contributed by atoms with Crippen molar-refractivity contribution in [2.75, 3.05) is 0 Å². The smallest absolute Gasteiger partial charge is 0.320 e. The van der Waals surface area contributed by atoms with E-state index in [-0.39, 0.29) is 6.54 Å². The van der Waals surface area contributed by atoms with Crippen LogP contribution in [0.3, 0.4) is 0 Å². The van der Waals surface area contributed by atoms with Crippen LogP contribution in [-0.4, -0.2) is 18.7 Å². The highest BCUT2D eigenvalue weighted by Gasteiger charge is 2.20. The molecule has 0 saturated carbocycles. The van der Waals surface area contributed by atoms with Gasteiger partial charge in [-0.3, -0.25) is 9.36 Å². The van der Waals surface area contributed by atoms with Crippen molar-refractivity contribution in [3.05, 3.63) is 128 Å². The maximum atomic E-state index is 13.7. The number of imidazole rings is 1. The third kappa shape index (κ3) is 4.62. The van der Waals surface area contributed by atoms with Crippen molar-refractivity contribution in [1.82, 2.24) is 18.7 Å². The van der Waals surface area contributed by atoms with Crippen LogP contribution < -0.4 is 11.2 Å². The molecule has 0 radical (unpaired) electrons. The molecule has 0 unspecified atom stereocenters. The van der Waals surface area contributed by atoms with Crippen LogP contribution in [0.5, 0.6) is 0 Å². The number of aryl methyl sites for hydroxylation is 1. The van der Waals surface area contributed by atoms with Crippen LogP contribution in [0.1, 0.15) is 42.0 Å². The molecule has 0 atom stereocenters. The summed E-state index contributed by atoms with van der Waals surface area (Å²) in [6, 6.07) is 27.1. The fourth-order valence-corrected chi connectivity index (χ4v) is 4.57. The van der Waals surface area contributed by atoms with Crippen LogP contribution in [-0.2, 0) is 19.5 Å². The van der Waals surface area contributed by atoms with Crippen molar-refractivity contribution < 1.29 is 0 Å². The predicted molar refractivity (Wildman–Crippen MR) is 144 cm³/mol. The number of aromatic nitrogens is 4. The number of nitrogens with zero attached hydrogens (tertiary/aromatic N) is 5. The summed E-state index contributed by atoms with van der Waals surface area (Å²) in [4.78, 5) is 32.0. The average Bonchev–Trinajstić information content (AvgIpc) is 3.33. The van der Waals surface area contributed by atoms with Gasteiger partial charge in [0, 0.05) is 6.54 Å². The van der Waals surface area contributed by atoms with Gasteiger partial charge in [0.2, 0.25) is 0 Å². The molecule has 37 heavy (non-hydrogen) atoms. The molecule has 0 bridgehead atoms. The first kappa shape index (κ1) is 24.0. The molecule has 0 aliphatic heterocycles. The summed E-state index contributed by atoms with van der Waals surface area (Å²) in [6.07, 6.45) is 2.11. The van der Waals surface area contributed by atoms with Crippen molar-refractivity contribution in [1.29, 1.82) is 5.26 Å². The predicted octanol–water partition coefficient (Wildman–Crippen LogP) is 4.63. The second kappa shape index (κ2) is 10.1. The summed E-state index contributed by atoms with van der Waals surface area (Å²) in [5.74, 6) is 0.352. The van der Waals surface area contributed by atoms with Gasteiger partial charge < -0.3 is 4.57 Å². The molecule has 0 aliphatic carbocycles. The summed E-state index contributed by atoms with van der Waals surface area (Å²) in [5, 5.41) is 9.54. The second-order valence-electron chi connectivity index (χ2n) is 9.37. The molecule has 7 nitrogen and oxygen atoms in total. The van der Waals surface area contributed by atoms with E-state index < -0.39 is 11.2 Å². The largest absolute Gasteiger partial charge is 0.337 e. The highest BCUT2D eigenvalue weighted by atomic mass is 16.2. The Bertz CT molecular complexity index is 1720. The van der Waals surface area contributed by atoms with Gasteiger partial charge in [-0.2, -0.15) is 5.26 Å². The molecule has 0 spiro atoms. The summed E-state index contributed by atoms with van der Waals surface area (Å²) in [5.41, 5.74) is 3.97. The summed E-state index contributed by atoms with van der Waals surface area (Å²) in [6.45, 7) is 4.76. The molecular formula is C30H27N5O2. The Morgan fingerprint density at radius 1 is 0.919 bits per heavy atom. The number of nitriles is 1. The Balaban J connectivity index is 1.69. The highest BCUT2D eigenvalue weighted by molar-refractivity contribution is 5.72. The minimum Gasteiger partial charge on any atom is -0.320 e. The fraction of sp³-hybridized carbons (Fsp3) is 0.200. The van der Waals surface area contributed by atoms with Crippen molar-refractivity contribution in [2.45, 2.75) is 39.3 Å². The fourth-order valence-electron chi connectivity index (χ4n) is 4.57. The minimum absolute atomic E-state index is 0.238. The molecule has 0 N–H and O–H groups in total. The van der Waals surface area contributed by atoms with E-state index in [9.17, 15) is 14.9 Å². The minimum atomic E-state index is -0.423. The van der Waals surface area contributed by atoms with E-state index in [1.54, 1.807) is 17.0 Å². The first-order chi connectivity index (χ1) is 18.0. The van der Waals surface area contributed by atoms with Gasteiger partial charge in [0.05, 0.1) is 30.2 Å². The molecule has 3 aromatic carbocycles. The van der Waals surface area contributed by atoms with Crippen LogP contribution in [0.15, 0.2) is 94.8 Å². The molecule has 0 saturated heterocycles. The lowest BCUT2D eigenvalue weighted by molar-refractivity contribution is 0.615. The van der Waals surface area contributed by atoms with E-state index in [2.05, 4.69) is 24.9 Å². The normalized spacial score (nSPS) is 11.2. The summed E-state index contributed by atoms with van der Waals surface area (Å²) < 4.78 is 4.53. The monoisotopic (exact) mass is 489 g/mol. The first-order valence-corrected chi connectivity index (χ1v) is 12.3. The van der Waals surface area contributed by atoms with E-state index >= 15 is 0 Å². The molecule has 0 amide bonds. The molecular weight excluding hydrogens is 462 g/mol. The van der Waals surface area contributed by atoms with Gasteiger partial charge >= 0.3 is 5.69 Å². The second-order valence-corrected chi connectivity index (χ2v) is 9.37. The summed E-state index contributed by atoms with van der Waals surface area (Å²) in [7, 11) is 0. The lowest BCUT2D eigenvalue weighted by Crippen LogP contribution is -2.40. The molecule has 5 rings (SSSR count). The van der Waals surface area contributed by atoms with Gasteiger partial charge in [-0.1, -0.05) is 74.5 Å². The van der Waals surface area contributed by atoms with Crippen LogP contribution in [0, 0.1) is 11.3 Å². The number of hydrogen-bond donors (Lipinski definition) is 0. The zero-order chi connectivity index (χ0) is 25.9. The lowest BCUT2D eigenvalue weighted by Gasteiger charge is -2.14. The number of rotatable bonds is 7. The van der Waals surface area contributed by atoms with Crippen LogP contribution >= 0.6 is 0 Å². The third-order valence-corrected chi connectivity index (χ3v) is 6.66. The zero-order valence-electron chi connectivity index (χ0n) is 20.8. The van der Waals surface area contributed by atoms with Gasteiger partial charge in [-0.05, 0) is 47.2 Å². The summed E-state index contributed by atoms with van der Waals surface area (Å²) >= 11 is 0. The van der Waals surface area contributed by atoms with Crippen LogP contribution in [0.25, 0.3) is 16.9 Å². The Kier molecular flexibility index (Phi) is 6.57. The highest BCUT2D eigenvalue weighted by Crippen LogP contribution is 2.19. The van der Waals surface area contributed by atoms with Gasteiger partial charge in [0.15, 0.2) is 11.2 Å². The van der Waals surface area contributed by atoms with Gasteiger partial charge in [-0.15, -0.1) is 0 Å². The van der Waals surface area contributed by atoms with Gasteiger partial charge in [0.1, 0.15) is 0 Å². The molecule has 2 aromatic heterocycles. The molecule has 0 fully saturated rings. The van der Waals surface area contributed by atoms with Crippen molar-refractivity contribution in [3.8, 4) is 11.8 Å². The van der Waals surface area contributed by atoms with E-state index in [0.29, 0.717) is 41.3 Å². The number of fused-ring (bicyclic) bond motifs is 1. The molecule has 5 aromatic rings. The number of benzene rings is 3. The van der Waals surface area contributed by atoms with Crippen LogP contribution in [0.2, 0.25) is 0 Å². The van der Waals surface area contributed by atoms with E-state index in [1.165, 1.54) is 9.13 Å². The quantitative estimate of drug-likeness (QED) is 0.333. The molecule has 184 valence electrons. The molecule has 0 aliphatic rings. The van der Waals surface area contributed by atoms with Gasteiger partial charge in [0.25, 0.3) is 5.56 Å². The Labute approximate surface area is 214 Å². The third-order valence-electron chi connectivity index (χ3n) is 6.66. The van der Waals surface area contributed by atoms with E-state index in [1.807, 2.05) is 72.8 Å². The maximum absolute atomic E-state index is 13.7. The zero-order valence-corrected chi connectivity index (χ0v) is 20.8. The van der Waals surface area contributed by atoms with Crippen molar-refractivity contribution in [3.63, 3.8) is 0 Å². The van der Waals surface area contributed by atoms with E-state index in [4.69, 9.17) is 0 Å². The Morgan fingerprint density at radius 2 is 1.62 bits per heavy atom. The topological polar surface area (TPSA) is 85.6 Å². The van der Waals surface area contributed by atoms with E-state index in [0.717, 1.165) is 16.7 Å². The number of hydrogen-bond acceptors (Lipinski definition) is 4. The SMILES string of the molecule is CC(C)c1ccc(-n2c(=O)n(CCc3ccccc3)c(=O)c3c2ncn3Cc2ccccc2C#N)cc1. The lowest BCUT2D eigenvalue weighted by atomic mass is 10.0. The Hall–Kier alpha value is -4.70. The first-order valence-electron chi connectivity index (χ1n) is 12.3. The average molecular weight is 490 g/mol. The standard InChI is InChI=1S/C30H27N5O2/c1-21(2)23-12-14-26(15-13-23)35-28-27(33(20-32-28)19-25-11-7-6-10-24(25)18-31)29(36)34(30(35)37)17-16-22-8-4-3-5-9-22/h3-15,20-21H,16-17,19H2,1-2H3. The molecule has 7 heteroatoms. The van der Waals surface area contributed by atoms with Crippen molar-refractivity contribution in [2.24, 2.45) is 0 Å². The molecule has 2 heterocycles. The van der Waals surface area contributed by atoms with Crippen molar-refractivity contribution >= 4 is 11.2 Å².